The van der Waals surface area contributed by atoms with E-state index in [1.807, 2.05) is 0 Å². The molecule has 15 heavy (non-hydrogen) atoms. The van der Waals surface area contributed by atoms with Gasteiger partial charge in [0, 0.05) is 38.4 Å². The van der Waals surface area contributed by atoms with E-state index in [0.29, 0.717) is 0 Å². The Labute approximate surface area is 93.2 Å². The first-order valence-corrected chi connectivity index (χ1v) is 6.44. The maximum Gasteiger partial charge on any atom is 0.0478 e. The Kier molecular flexibility index (Phi) is 4.42. The van der Waals surface area contributed by atoms with Crippen molar-refractivity contribution in [3.05, 3.63) is 0 Å². The molecule has 0 amide bonds. The van der Waals surface area contributed by atoms with Crippen LogP contribution in [0.1, 0.15) is 32.6 Å². The summed E-state index contributed by atoms with van der Waals surface area (Å²) in [6.45, 7) is 7.59. The van der Waals surface area contributed by atoms with E-state index in [4.69, 9.17) is 4.74 Å². The molecule has 2 unspecified atom stereocenters. The van der Waals surface area contributed by atoms with Crippen LogP contribution in [-0.2, 0) is 4.74 Å². The van der Waals surface area contributed by atoms with Gasteiger partial charge in [-0.1, -0.05) is 0 Å². The molecule has 2 bridgehead atoms. The summed E-state index contributed by atoms with van der Waals surface area (Å²) in [5.41, 5.74) is 0. The van der Waals surface area contributed by atoms with E-state index < -0.39 is 0 Å². The molecule has 0 radical (unpaired) electrons. The van der Waals surface area contributed by atoms with Crippen molar-refractivity contribution in [2.24, 2.45) is 0 Å². The Hall–Kier alpha value is -0.120. The summed E-state index contributed by atoms with van der Waals surface area (Å²) in [6.07, 6.45) is 5.31. The second kappa shape index (κ2) is 5.83. The van der Waals surface area contributed by atoms with Crippen LogP contribution in [0.3, 0.4) is 0 Å². The summed E-state index contributed by atoms with van der Waals surface area (Å²) in [5.74, 6) is 0. The SMILES string of the molecule is CCOCCCN1CCC2CCC(C1)N2. The van der Waals surface area contributed by atoms with E-state index in [1.165, 1.54) is 45.3 Å². The smallest absolute Gasteiger partial charge is 0.0478 e. The third kappa shape index (κ3) is 3.44. The molecule has 0 aromatic rings. The van der Waals surface area contributed by atoms with Gasteiger partial charge in [0.15, 0.2) is 0 Å². The average molecular weight is 212 g/mol. The van der Waals surface area contributed by atoms with E-state index in [2.05, 4.69) is 17.1 Å². The van der Waals surface area contributed by atoms with E-state index in [-0.39, 0.29) is 0 Å². The van der Waals surface area contributed by atoms with Crippen molar-refractivity contribution in [1.29, 1.82) is 0 Å². The van der Waals surface area contributed by atoms with Crippen LogP contribution in [0.25, 0.3) is 0 Å². The van der Waals surface area contributed by atoms with Gasteiger partial charge in [0.25, 0.3) is 0 Å². The first-order valence-electron chi connectivity index (χ1n) is 6.44. The molecule has 0 aromatic heterocycles. The molecule has 0 aromatic carbocycles. The first kappa shape index (κ1) is 11.4. The maximum atomic E-state index is 5.38. The number of fused-ring (bicyclic) bond motifs is 2. The van der Waals surface area contributed by atoms with Crippen LogP contribution >= 0.6 is 0 Å². The zero-order valence-electron chi connectivity index (χ0n) is 9.87. The maximum absolute atomic E-state index is 5.38. The number of ether oxygens (including phenoxy) is 1. The monoisotopic (exact) mass is 212 g/mol. The number of hydrogen-bond acceptors (Lipinski definition) is 3. The van der Waals surface area contributed by atoms with Crippen molar-refractivity contribution in [3.8, 4) is 0 Å². The van der Waals surface area contributed by atoms with E-state index in [9.17, 15) is 0 Å². The molecule has 2 saturated heterocycles. The highest BCUT2D eigenvalue weighted by Crippen LogP contribution is 2.20. The second-order valence-electron chi connectivity index (χ2n) is 4.78. The van der Waals surface area contributed by atoms with Gasteiger partial charge in [0.1, 0.15) is 0 Å². The van der Waals surface area contributed by atoms with Crippen molar-refractivity contribution in [2.45, 2.75) is 44.7 Å². The van der Waals surface area contributed by atoms with Crippen LogP contribution in [0.2, 0.25) is 0 Å². The van der Waals surface area contributed by atoms with Gasteiger partial charge in [-0.05, 0) is 39.2 Å². The molecule has 0 saturated carbocycles. The predicted molar refractivity (Wildman–Crippen MR) is 62.1 cm³/mol. The largest absolute Gasteiger partial charge is 0.382 e. The highest BCUT2D eigenvalue weighted by Gasteiger charge is 2.28. The van der Waals surface area contributed by atoms with Crippen LogP contribution in [0, 0.1) is 0 Å². The van der Waals surface area contributed by atoms with Gasteiger partial charge in [-0.25, -0.2) is 0 Å². The number of hydrogen-bond donors (Lipinski definition) is 1. The zero-order valence-corrected chi connectivity index (χ0v) is 9.87. The van der Waals surface area contributed by atoms with Crippen LogP contribution in [0.15, 0.2) is 0 Å². The van der Waals surface area contributed by atoms with E-state index >= 15 is 0 Å². The molecule has 0 aliphatic carbocycles. The fourth-order valence-electron chi connectivity index (χ4n) is 2.75. The number of rotatable bonds is 5. The average Bonchev–Trinajstić information content (AvgIpc) is 2.56. The highest BCUT2D eigenvalue weighted by molar-refractivity contribution is 4.89. The van der Waals surface area contributed by atoms with Crippen LogP contribution in [0.5, 0.6) is 0 Å². The minimum Gasteiger partial charge on any atom is -0.382 e. The van der Waals surface area contributed by atoms with Crippen molar-refractivity contribution >= 4 is 0 Å². The molecule has 2 aliphatic rings. The van der Waals surface area contributed by atoms with Gasteiger partial charge in [0.2, 0.25) is 0 Å². The fourth-order valence-corrected chi connectivity index (χ4v) is 2.75. The topological polar surface area (TPSA) is 24.5 Å². The Morgan fingerprint density at radius 1 is 1.27 bits per heavy atom. The van der Waals surface area contributed by atoms with Crippen molar-refractivity contribution in [1.82, 2.24) is 10.2 Å². The summed E-state index contributed by atoms with van der Waals surface area (Å²) in [7, 11) is 0. The van der Waals surface area contributed by atoms with Gasteiger partial charge >= 0.3 is 0 Å². The molecule has 0 spiro atoms. The third-order valence-electron chi connectivity index (χ3n) is 3.57. The Morgan fingerprint density at radius 3 is 3.00 bits per heavy atom. The molecular weight excluding hydrogens is 188 g/mol. The van der Waals surface area contributed by atoms with Crippen LogP contribution in [0.4, 0.5) is 0 Å². The molecule has 3 heteroatoms. The number of nitrogens with one attached hydrogen (secondary N) is 1. The lowest BCUT2D eigenvalue weighted by atomic mass is 10.1. The van der Waals surface area contributed by atoms with Gasteiger partial charge in [0.05, 0.1) is 0 Å². The molecule has 88 valence electrons. The normalized spacial score (nSPS) is 31.8. The molecular formula is C12H24N2O. The number of likely N-dealkylation sites (tertiary alicyclic amines) is 1. The molecule has 1 N–H and O–H groups in total. The van der Waals surface area contributed by atoms with Crippen LogP contribution < -0.4 is 5.32 Å². The number of nitrogens with zero attached hydrogens (tertiary/aromatic N) is 1. The lowest BCUT2D eigenvalue weighted by Crippen LogP contribution is -2.36. The van der Waals surface area contributed by atoms with Crippen molar-refractivity contribution in [2.75, 3.05) is 32.8 Å². The molecule has 2 atom stereocenters. The summed E-state index contributed by atoms with van der Waals surface area (Å²) in [4.78, 5) is 2.61. The van der Waals surface area contributed by atoms with Gasteiger partial charge in [-0.3, -0.25) is 0 Å². The summed E-state index contributed by atoms with van der Waals surface area (Å²) < 4.78 is 5.38. The second-order valence-corrected chi connectivity index (χ2v) is 4.78. The van der Waals surface area contributed by atoms with E-state index in [0.717, 1.165) is 25.3 Å². The van der Waals surface area contributed by atoms with Gasteiger partial charge < -0.3 is 15.0 Å². The van der Waals surface area contributed by atoms with Gasteiger partial charge in [-0.15, -0.1) is 0 Å². The zero-order chi connectivity index (χ0) is 10.5. The molecule has 2 rings (SSSR count). The molecule has 2 fully saturated rings. The quantitative estimate of drug-likeness (QED) is 0.694. The summed E-state index contributed by atoms with van der Waals surface area (Å²) >= 11 is 0. The lowest BCUT2D eigenvalue weighted by Gasteiger charge is -2.23. The lowest BCUT2D eigenvalue weighted by molar-refractivity contribution is 0.130. The molecule has 3 nitrogen and oxygen atoms in total. The first-order chi connectivity index (χ1) is 7.38. The standard InChI is InChI=1S/C12H24N2O/c1-2-15-9-3-7-14-8-6-11-4-5-12(10-14)13-11/h11-13H,2-10H2,1H3. The van der Waals surface area contributed by atoms with Crippen molar-refractivity contribution < 1.29 is 4.74 Å². The summed E-state index contributed by atoms with van der Waals surface area (Å²) in [6, 6.07) is 1.58. The Morgan fingerprint density at radius 2 is 2.13 bits per heavy atom. The predicted octanol–water partition coefficient (Wildman–Crippen LogP) is 1.24. The third-order valence-corrected chi connectivity index (χ3v) is 3.57. The Balaban J connectivity index is 1.65. The van der Waals surface area contributed by atoms with Crippen molar-refractivity contribution in [3.63, 3.8) is 0 Å². The molecule has 2 aliphatic heterocycles. The summed E-state index contributed by atoms with van der Waals surface area (Å²) in [5, 5.41) is 3.71. The highest BCUT2D eigenvalue weighted by atomic mass is 16.5. The van der Waals surface area contributed by atoms with Gasteiger partial charge in [-0.2, -0.15) is 0 Å². The minimum absolute atomic E-state index is 0.768. The minimum atomic E-state index is 0.768. The Bertz CT molecular complexity index is 186. The fraction of sp³-hybridized carbons (Fsp3) is 1.00. The van der Waals surface area contributed by atoms with E-state index in [1.54, 1.807) is 0 Å². The molecule has 2 heterocycles. The van der Waals surface area contributed by atoms with Crippen LogP contribution in [-0.4, -0.2) is 49.8 Å².